The molecule has 1 saturated heterocycles. The molecule has 2 rings (SSSR count). The van der Waals surface area contributed by atoms with Crippen molar-refractivity contribution in [2.45, 2.75) is 19.4 Å². The minimum absolute atomic E-state index is 0.275. The van der Waals surface area contributed by atoms with Crippen LogP contribution in [-0.2, 0) is 11.3 Å². The van der Waals surface area contributed by atoms with Crippen LogP contribution in [0.5, 0.6) is 5.88 Å². The number of hydrogen-bond acceptors (Lipinski definition) is 4. The second-order valence-electron chi connectivity index (χ2n) is 4.70. The maximum atomic E-state index is 10.6. The molecule has 2 heterocycles. The number of carboxylic acids is 1. The highest BCUT2D eigenvalue weighted by Crippen LogP contribution is 2.21. The quantitative estimate of drug-likeness (QED) is 0.855. The van der Waals surface area contributed by atoms with E-state index in [1.807, 2.05) is 18.3 Å². The van der Waals surface area contributed by atoms with Crippen LogP contribution in [0, 0.1) is 5.92 Å². The number of likely N-dealkylation sites (tertiary alicyclic amines) is 1. The molecule has 1 aliphatic heterocycles. The van der Waals surface area contributed by atoms with Gasteiger partial charge in [0.1, 0.15) is 0 Å². The number of rotatable bonds is 5. The number of carbonyl (C=O) groups is 1. The van der Waals surface area contributed by atoms with Gasteiger partial charge in [-0.25, -0.2) is 4.98 Å². The average molecular weight is 250 g/mol. The van der Waals surface area contributed by atoms with Crippen molar-refractivity contribution in [1.82, 2.24) is 9.88 Å². The van der Waals surface area contributed by atoms with E-state index >= 15 is 0 Å². The topological polar surface area (TPSA) is 62.7 Å². The minimum Gasteiger partial charge on any atom is -0.481 e. The molecule has 1 atom stereocenters. The molecule has 18 heavy (non-hydrogen) atoms. The Morgan fingerprint density at radius 2 is 2.44 bits per heavy atom. The van der Waals surface area contributed by atoms with Gasteiger partial charge in [-0.15, -0.1) is 0 Å². The summed E-state index contributed by atoms with van der Waals surface area (Å²) >= 11 is 0. The number of aliphatic carboxylic acids is 1. The van der Waals surface area contributed by atoms with E-state index in [1.54, 1.807) is 7.11 Å². The summed E-state index contributed by atoms with van der Waals surface area (Å²) in [4.78, 5) is 17.1. The molecule has 0 spiro atoms. The first kappa shape index (κ1) is 12.8. The zero-order valence-corrected chi connectivity index (χ0v) is 10.5. The highest BCUT2D eigenvalue weighted by atomic mass is 16.5. The van der Waals surface area contributed by atoms with E-state index in [2.05, 4.69) is 9.88 Å². The van der Waals surface area contributed by atoms with E-state index in [0.717, 1.165) is 31.6 Å². The normalized spacial score (nSPS) is 19.9. The predicted octanol–water partition coefficient (Wildman–Crippen LogP) is 1.39. The third-order valence-electron chi connectivity index (χ3n) is 3.25. The molecule has 5 heteroatoms. The zero-order chi connectivity index (χ0) is 13.0. The maximum absolute atomic E-state index is 10.6. The number of aromatic nitrogens is 1. The summed E-state index contributed by atoms with van der Waals surface area (Å²) in [6, 6.07) is 3.84. The van der Waals surface area contributed by atoms with Crippen molar-refractivity contribution in [3.8, 4) is 5.88 Å². The Morgan fingerprint density at radius 1 is 1.61 bits per heavy atom. The van der Waals surface area contributed by atoms with Gasteiger partial charge < -0.3 is 9.84 Å². The summed E-state index contributed by atoms with van der Waals surface area (Å²) in [5.74, 6) is 0.200. The molecule has 1 N–H and O–H groups in total. The number of hydrogen-bond donors (Lipinski definition) is 1. The van der Waals surface area contributed by atoms with Gasteiger partial charge in [-0.05, 0) is 24.4 Å². The van der Waals surface area contributed by atoms with Crippen molar-refractivity contribution in [3.63, 3.8) is 0 Å². The fourth-order valence-electron chi connectivity index (χ4n) is 2.35. The number of nitrogens with zero attached hydrogens (tertiary/aromatic N) is 2. The highest BCUT2D eigenvalue weighted by Gasteiger charge is 2.24. The Morgan fingerprint density at radius 3 is 3.06 bits per heavy atom. The lowest BCUT2D eigenvalue weighted by Gasteiger charge is -2.15. The van der Waals surface area contributed by atoms with Crippen LogP contribution in [0.15, 0.2) is 18.3 Å². The van der Waals surface area contributed by atoms with Gasteiger partial charge >= 0.3 is 5.97 Å². The van der Waals surface area contributed by atoms with Crippen molar-refractivity contribution in [2.24, 2.45) is 5.92 Å². The summed E-state index contributed by atoms with van der Waals surface area (Å²) in [6.45, 7) is 2.65. The van der Waals surface area contributed by atoms with Crippen molar-refractivity contribution < 1.29 is 14.6 Å². The highest BCUT2D eigenvalue weighted by molar-refractivity contribution is 5.67. The van der Waals surface area contributed by atoms with Gasteiger partial charge in [0.2, 0.25) is 5.88 Å². The molecule has 0 aliphatic carbocycles. The molecule has 5 nitrogen and oxygen atoms in total. The van der Waals surface area contributed by atoms with E-state index in [4.69, 9.17) is 9.84 Å². The van der Waals surface area contributed by atoms with Gasteiger partial charge in [-0.3, -0.25) is 9.69 Å². The first-order chi connectivity index (χ1) is 8.67. The third kappa shape index (κ3) is 3.43. The Bertz CT molecular complexity index is 405. The molecule has 0 radical (unpaired) electrons. The molecule has 0 aromatic carbocycles. The Balaban J connectivity index is 1.85. The summed E-state index contributed by atoms with van der Waals surface area (Å²) in [5, 5.41) is 8.77. The van der Waals surface area contributed by atoms with Crippen LogP contribution in [-0.4, -0.2) is 41.2 Å². The summed E-state index contributed by atoms with van der Waals surface area (Å²) in [7, 11) is 1.60. The number of ether oxygens (including phenoxy) is 1. The van der Waals surface area contributed by atoms with E-state index in [9.17, 15) is 4.79 Å². The lowest BCUT2D eigenvalue weighted by Crippen LogP contribution is -2.20. The van der Waals surface area contributed by atoms with Crippen LogP contribution < -0.4 is 4.74 Å². The molecule has 1 aromatic rings. The molecule has 0 amide bonds. The summed E-state index contributed by atoms with van der Waals surface area (Å²) in [5.41, 5.74) is 1.13. The van der Waals surface area contributed by atoms with Crippen LogP contribution in [0.3, 0.4) is 0 Å². The standard InChI is InChI=1S/C13H18N2O3/c1-18-12-3-2-11(7-14-12)9-15-5-4-10(8-15)6-13(16)17/h2-3,7,10H,4-6,8-9H2,1H3,(H,16,17). The van der Waals surface area contributed by atoms with Crippen molar-refractivity contribution in [3.05, 3.63) is 23.9 Å². The first-order valence-corrected chi connectivity index (χ1v) is 6.10. The smallest absolute Gasteiger partial charge is 0.303 e. The van der Waals surface area contributed by atoms with Crippen LogP contribution >= 0.6 is 0 Å². The van der Waals surface area contributed by atoms with Crippen molar-refractivity contribution >= 4 is 5.97 Å². The van der Waals surface area contributed by atoms with Gasteiger partial charge in [0.15, 0.2) is 0 Å². The molecular weight excluding hydrogens is 232 g/mol. The second kappa shape index (κ2) is 5.82. The van der Waals surface area contributed by atoms with Gasteiger partial charge in [0.05, 0.1) is 7.11 Å². The first-order valence-electron chi connectivity index (χ1n) is 6.10. The molecular formula is C13H18N2O3. The molecule has 1 aromatic heterocycles. The second-order valence-corrected chi connectivity index (χ2v) is 4.70. The maximum Gasteiger partial charge on any atom is 0.303 e. The molecule has 0 saturated carbocycles. The van der Waals surface area contributed by atoms with E-state index < -0.39 is 5.97 Å². The van der Waals surface area contributed by atoms with Crippen LogP contribution in [0.1, 0.15) is 18.4 Å². The lowest BCUT2D eigenvalue weighted by molar-refractivity contribution is -0.138. The van der Waals surface area contributed by atoms with Gasteiger partial charge in [-0.1, -0.05) is 6.07 Å². The molecule has 1 unspecified atom stereocenters. The number of carboxylic acid groups (broad SMARTS) is 1. The SMILES string of the molecule is COc1ccc(CN2CCC(CC(=O)O)C2)cn1. The Labute approximate surface area is 106 Å². The van der Waals surface area contributed by atoms with Crippen molar-refractivity contribution in [2.75, 3.05) is 20.2 Å². The van der Waals surface area contributed by atoms with E-state index in [1.165, 1.54) is 0 Å². The fourth-order valence-corrected chi connectivity index (χ4v) is 2.35. The average Bonchev–Trinajstić information content (AvgIpc) is 2.76. The number of pyridine rings is 1. The summed E-state index contributed by atoms with van der Waals surface area (Å²) in [6.07, 6.45) is 3.05. The van der Waals surface area contributed by atoms with E-state index in [-0.39, 0.29) is 12.3 Å². The molecule has 1 aliphatic rings. The third-order valence-corrected chi connectivity index (χ3v) is 3.25. The fraction of sp³-hybridized carbons (Fsp3) is 0.538. The monoisotopic (exact) mass is 250 g/mol. The number of methoxy groups -OCH3 is 1. The molecule has 98 valence electrons. The van der Waals surface area contributed by atoms with Crippen molar-refractivity contribution in [1.29, 1.82) is 0 Å². The van der Waals surface area contributed by atoms with Crippen LogP contribution in [0.25, 0.3) is 0 Å². The zero-order valence-electron chi connectivity index (χ0n) is 10.5. The van der Waals surface area contributed by atoms with Gasteiger partial charge in [0.25, 0.3) is 0 Å². The Hall–Kier alpha value is -1.62. The Kier molecular flexibility index (Phi) is 4.15. The molecule has 0 bridgehead atoms. The minimum atomic E-state index is -0.701. The lowest BCUT2D eigenvalue weighted by atomic mass is 10.1. The molecule has 1 fully saturated rings. The van der Waals surface area contributed by atoms with E-state index in [0.29, 0.717) is 5.88 Å². The van der Waals surface area contributed by atoms with Gasteiger partial charge in [0, 0.05) is 31.8 Å². The largest absolute Gasteiger partial charge is 0.481 e. The summed E-state index contributed by atoms with van der Waals surface area (Å²) < 4.78 is 5.01. The predicted molar refractivity (Wildman–Crippen MR) is 66.4 cm³/mol. The van der Waals surface area contributed by atoms with Gasteiger partial charge in [-0.2, -0.15) is 0 Å². The van der Waals surface area contributed by atoms with Crippen LogP contribution in [0.4, 0.5) is 0 Å². The van der Waals surface area contributed by atoms with Crippen LogP contribution in [0.2, 0.25) is 0 Å².